The van der Waals surface area contributed by atoms with E-state index in [1.165, 1.54) is 24.1 Å². The molecule has 0 amide bonds. The summed E-state index contributed by atoms with van der Waals surface area (Å²) >= 11 is 0. The molecule has 1 atom stereocenters. The Morgan fingerprint density at radius 1 is 1.33 bits per heavy atom. The van der Waals surface area contributed by atoms with Crippen LogP contribution in [0.2, 0.25) is 0 Å². The van der Waals surface area contributed by atoms with E-state index >= 15 is 0 Å². The van der Waals surface area contributed by atoms with Gasteiger partial charge in [0.2, 0.25) is 0 Å². The maximum atomic E-state index is 9.21. The summed E-state index contributed by atoms with van der Waals surface area (Å²) in [6.07, 6.45) is 6.18. The lowest BCUT2D eigenvalue weighted by Gasteiger charge is -2.34. The standard InChI is InChI=1S/C13H19N3O2/c17-8-10-7-16(5-6-18-10)13-11-3-1-2-4-12(11)14-9-15-13/h9-10,17H,1-8H2. The fourth-order valence-electron chi connectivity index (χ4n) is 2.80. The third-order valence-corrected chi connectivity index (χ3v) is 3.74. The third kappa shape index (κ3) is 2.20. The molecule has 1 aliphatic carbocycles. The fourth-order valence-corrected chi connectivity index (χ4v) is 2.80. The van der Waals surface area contributed by atoms with E-state index < -0.39 is 0 Å². The van der Waals surface area contributed by atoms with E-state index in [0.29, 0.717) is 6.61 Å². The Balaban J connectivity index is 1.87. The lowest BCUT2D eigenvalue weighted by molar-refractivity contribution is 0.00330. The molecular weight excluding hydrogens is 230 g/mol. The minimum Gasteiger partial charge on any atom is -0.394 e. The topological polar surface area (TPSA) is 58.5 Å². The predicted octanol–water partition coefficient (Wildman–Crippen LogP) is 0.553. The minimum atomic E-state index is -0.0899. The summed E-state index contributed by atoms with van der Waals surface area (Å²) in [5.41, 5.74) is 2.51. The Kier molecular flexibility index (Phi) is 3.43. The molecule has 1 aromatic rings. The van der Waals surface area contributed by atoms with Crippen LogP contribution in [-0.2, 0) is 17.6 Å². The van der Waals surface area contributed by atoms with E-state index in [1.807, 2.05) is 0 Å². The molecule has 0 aromatic carbocycles. The summed E-state index contributed by atoms with van der Waals surface area (Å²) in [5.74, 6) is 1.06. The van der Waals surface area contributed by atoms with Crippen LogP contribution in [0.5, 0.6) is 0 Å². The number of morpholine rings is 1. The quantitative estimate of drug-likeness (QED) is 0.829. The van der Waals surface area contributed by atoms with Gasteiger partial charge < -0.3 is 14.7 Å². The first-order valence-electron chi connectivity index (χ1n) is 6.68. The van der Waals surface area contributed by atoms with Gasteiger partial charge in [-0.1, -0.05) is 0 Å². The van der Waals surface area contributed by atoms with Crippen molar-refractivity contribution < 1.29 is 9.84 Å². The number of nitrogens with zero attached hydrogens (tertiary/aromatic N) is 3. The van der Waals surface area contributed by atoms with Crippen LogP contribution in [0.3, 0.4) is 0 Å². The first-order chi connectivity index (χ1) is 8.88. The van der Waals surface area contributed by atoms with Crippen molar-refractivity contribution in [2.75, 3.05) is 31.2 Å². The SMILES string of the molecule is OCC1CN(c2ncnc3c2CCCC3)CCO1. The molecule has 0 radical (unpaired) electrons. The molecule has 2 aliphatic rings. The number of fused-ring (bicyclic) bond motifs is 1. The van der Waals surface area contributed by atoms with Crippen molar-refractivity contribution in [2.45, 2.75) is 31.8 Å². The summed E-state index contributed by atoms with van der Waals surface area (Å²) < 4.78 is 5.49. The molecule has 1 aromatic heterocycles. The smallest absolute Gasteiger partial charge is 0.135 e. The van der Waals surface area contributed by atoms with Crippen molar-refractivity contribution >= 4 is 5.82 Å². The van der Waals surface area contributed by atoms with Gasteiger partial charge in [-0.25, -0.2) is 9.97 Å². The van der Waals surface area contributed by atoms with E-state index in [1.54, 1.807) is 6.33 Å². The number of ether oxygens (including phenoxy) is 1. The van der Waals surface area contributed by atoms with Gasteiger partial charge in [-0.05, 0) is 25.7 Å². The molecule has 0 saturated carbocycles. The van der Waals surface area contributed by atoms with Crippen LogP contribution < -0.4 is 4.90 Å². The summed E-state index contributed by atoms with van der Waals surface area (Å²) in [5, 5.41) is 9.21. The van der Waals surface area contributed by atoms with E-state index in [9.17, 15) is 5.11 Å². The summed E-state index contributed by atoms with van der Waals surface area (Å²) in [4.78, 5) is 11.1. The van der Waals surface area contributed by atoms with Crippen LogP contribution in [0.1, 0.15) is 24.1 Å². The van der Waals surface area contributed by atoms with Crippen molar-refractivity contribution in [1.82, 2.24) is 9.97 Å². The number of rotatable bonds is 2. The zero-order chi connectivity index (χ0) is 12.4. The van der Waals surface area contributed by atoms with Crippen LogP contribution in [0.25, 0.3) is 0 Å². The van der Waals surface area contributed by atoms with Crippen LogP contribution in [-0.4, -0.2) is 47.5 Å². The fraction of sp³-hybridized carbons (Fsp3) is 0.692. The van der Waals surface area contributed by atoms with E-state index in [2.05, 4.69) is 14.9 Å². The number of hydrogen-bond donors (Lipinski definition) is 1. The van der Waals surface area contributed by atoms with Crippen LogP contribution in [0, 0.1) is 0 Å². The average Bonchev–Trinajstić information content (AvgIpc) is 2.47. The van der Waals surface area contributed by atoms with E-state index in [4.69, 9.17) is 4.74 Å². The number of aryl methyl sites for hydroxylation is 1. The van der Waals surface area contributed by atoms with Crippen molar-refractivity contribution in [1.29, 1.82) is 0 Å². The number of aliphatic hydroxyl groups excluding tert-OH is 1. The Bertz CT molecular complexity index is 425. The van der Waals surface area contributed by atoms with E-state index in [-0.39, 0.29) is 12.7 Å². The summed E-state index contributed by atoms with van der Waals surface area (Å²) in [6.45, 7) is 2.30. The second-order valence-corrected chi connectivity index (χ2v) is 4.95. The highest BCUT2D eigenvalue weighted by Gasteiger charge is 2.25. The third-order valence-electron chi connectivity index (χ3n) is 3.74. The Morgan fingerprint density at radius 3 is 3.11 bits per heavy atom. The highest BCUT2D eigenvalue weighted by atomic mass is 16.5. The van der Waals surface area contributed by atoms with Gasteiger partial charge in [-0.2, -0.15) is 0 Å². The van der Waals surface area contributed by atoms with Gasteiger partial charge >= 0.3 is 0 Å². The molecule has 2 heterocycles. The van der Waals surface area contributed by atoms with Crippen molar-refractivity contribution in [2.24, 2.45) is 0 Å². The van der Waals surface area contributed by atoms with Crippen LogP contribution >= 0.6 is 0 Å². The second-order valence-electron chi connectivity index (χ2n) is 4.95. The molecule has 1 N–H and O–H groups in total. The average molecular weight is 249 g/mol. The van der Waals surface area contributed by atoms with Gasteiger partial charge in [-0.15, -0.1) is 0 Å². The summed E-state index contributed by atoms with van der Waals surface area (Å²) in [7, 11) is 0. The molecule has 5 heteroatoms. The van der Waals surface area contributed by atoms with Gasteiger partial charge in [-0.3, -0.25) is 0 Å². The highest BCUT2D eigenvalue weighted by Crippen LogP contribution is 2.27. The molecule has 98 valence electrons. The normalized spacial score (nSPS) is 23.8. The van der Waals surface area contributed by atoms with Gasteiger partial charge in [0.1, 0.15) is 12.1 Å². The first kappa shape index (κ1) is 11.9. The monoisotopic (exact) mass is 249 g/mol. The molecule has 5 nitrogen and oxygen atoms in total. The number of hydrogen-bond acceptors (Lipinski definition) is 5. The lowest BCUT2D eigenvalue weighted by Crippen LogP contribution is -2.45. The van der Waals surface area contributed by atoms with Gasteiger partial charge in [0.15, 0.2) is 0 Å². The number of aromatic nitrogens is 2. The molecule has 0 spiro atoms. The molecule has 1 fully saturated rings. The number of anilines is 1. The van der Waals surface area contributed by atoms with Gasteiger partial charge in [0.05, 0.1) is 19.3 Å². The maximum Gasteiger partial charge on any atom is 0.135 e. The van der Waals surface area contributed by atoms with E-state index in [0.717, 1.165) is 31.7 Å². The molecule has 1 unspecified atom stereocenters. The zero-order valence-electron chi connectivity index (χ0n) is 10.5. The Hall–Kier alpha value is -1.20. The predicted molar refractivity (Wildman–Crippen MR) is 67.7 cm³/mol. The van der Waals surface area contributed by atoms with Gasteiger partial charge in [0, 0.05) is 24.3 Å². The van der Waals surface area contributed by atoms with Gasteiger partial charge in [0.25, 0.3) is 0 Å². The summed E-state index contributed by atoms with van der Waals surface area (Å²) in [6, 6.07) is 0. The Morgan fingerprint density at radius 2 is 2.22 bits per heavy atom. The molecule has 1 aliphatic heterocycles. The molecule has 0 bridgehead atoms. The zero-order valence-corrected chi connectivity index (χ0v) is 10.5. The first-order valence-corrected chi connectivity index (χ1v) is 6.68. The van der Waals surface area contributed by atoms with Crippen LogP contribution in [0.4, 0.5) is 5.82 Å². The largest absolute Gasteiger partial charge is 0.394 e. The lowest BCUT2D eigenvalue weighted by atomic mass is 9.96. The Labute approximate surface area is 107 Å². The number of aliphatic hydroxyl groups is 1. The van der Waals surface area contributed by atoms with Crippen molar-refractivity contribution in [3.63, 3.8) is 0 Å². The van der Waals surface area contributed by atoms with Crippen LogP contribution in [0.15, 0.2) is 6.33 Å². The molecular formula is C13H19N3O2. The second kappa shape index (κ2) is 5.20. The van der Waals surface area contributed by atoms with Crippen molar-refractivity contribution in [3.8, 4) is 0 Å². The molecule has 1 saturated heterocycles. The molecule has 3 rings (SSSR count). The highest BCUT2D eigenvalue weighted by molar-refractivity contribution is 5.50. The minimum absolute atomic E-state index is 0.0732. The van der Waals surface area contributed by atoms with Crippen molar-refractivity contribution in [3.05, 3.63) is 17.6 Å². The molecule has 18 heavy (non-hydrogen) atoms. The maximum absolute atomic E-state index is 9.21.